The van der Waals surface area contributed by atoms with Crippen molar-refractivity contribution in [3.8, 4) is 11.4 Å². The number of rotatable bonds is 6. The van der Waals surface area contributed by atoms with Gasteiger partial charge in [-0.05, 0) is 37.7 Å². The zero-order chi connectivity index (χ0) is 18.6. The second kappa shape index (κ2) is 7.46. The molecule has 1 atom stereocenters. The number of aromatic nitrogens is 5. The average molecular weight is 361 g/mol. The highest BCUT2D eigenvalue weighted by molar-refractivity contribution is 5.89. The highest BCUT2D eigenvalue weighted by Gasteiger charge is 2.17. The van der Waals surface area contributed by atoms with Gasteiger partial charge in [0, 0.05) is 29.8 Å². The molecule has 27 heavy (non-hydrogen) atoms. The predicted octanol–water partition coefficient (Wildman–Crippen LogP) is 2.75. The van der Waals surface area contributed by atoms with Gasteiger partial charge >= 0.3 is 0 Å². The van der Waals surface area contributed by atoms with Gasteiger partial charge in [0.15, 0.2) is 0 Å². The number of hydrogen-bond donors (Lipinski definition) is 2. The van der Waals surface area contributed by atoms with E-state index >= 15 is 0 Å². The molecule has 0 unspecified atom stereocenters. The maximum atomic E-state index is 5.67. The molecule has 3 heterocycles. The van der Waals surface area contributed by atoms with E-state index in [2.05, 4.69) is 30.4 Å². The molecule has 0 bridgehead atoms. The summed E-state index contributed by atoms with van der Waals surface area (Å²) in [6, 6.07) is 11.3. The maximum Gasteiger partial charge on any atom is 0.249 e. The normalized spacial score (nSPS) is 12.2. The second-order valence-corrected chi connectivity index (χ2v) is 6.10. The van der Waals surface area contributed by atoms with Gasteiger partial charge in [-0.25, -0.2) is 9.97 Å². The van der Waals surface area contributed by atoms with E-state index in [1.165, 1.54) is 0 Å². The Morgan fingerprint density at radius 3 is 2.70 bits per heavy atom. The fourth-order valence-electron chi connectivity index (χ4n) is 2.77. The minimum Gasteiger partial charge on any atom is -0.358 e. The molecular weight excluding hydrogens is 342 g/mol. The molecule has 1 aromatic carbocycles. The van der Waals surface area contributed by atoms with E-state index in [-0.39, 0.29) is 6.04 Å². The van der Waals surface area contributed by atoms with Crippen LogP contribution in [0.15, 0.2) is 53.3 Å². The van der Waals surface area contributed by atoms with E-state index in [0.29, 0.717) is 30.5 Å². The van der Waals surface area contributed by atoms with Gasteiger partial charge < -0.3 is 15.6 Å². The lowest BCUT2D eigenvalue weighted by Crippen LogP contribution is -2.12. The number of pyridine rings is 1. The number of anilines is 1. The molecule has 8 heteroatoms. The van der Waals surface area contributed by atoms with Gasteiger partial charge in [0.25, 0.3) is 0 Å². The van der Waals surface area contributed by atoms with Crippen molar-refractivity contribution < 1.29 is 4.52 Å². The summed E-state index contributed by atoms with van der Waals surface area (Å²) in [7, 11) is 0. The van der Waals surface area contributed by atoms with Crippen LogP contribution in [0.4, 0.5) is 5.82 Å². The molecule has 0 spiro atoms. The largest absolute Gasteiger partial charge is 0.358 e. The molecule has 0 radical (unpaired) electrons. The Balaban J connectivity index is 1.63. The van der Waals surface area contributed by atoms with Gasteiger partial charge in [-0.15, -0.1) is 0 Å². The van der Waals surface area contributed by atoms with Crippen LogP contribution in [0.2, 0.25) is 0 Å². The number of fused-ring (bicyclic) bond motifs is 1. The molecule has 3 N–H and O–H groups in total. The van der Waals surface area contributed by atoms with Gasteiger partial charge in [0.2, 0.25) is 11.7 Å². The molecule has 0 fully saturated rings. The number of nitrogens with zero attached hydrogens (tertiary/aromatic N) is 5. The van der Waals surface area contributed by atoms with E-state index in [4.69, 9.17) is 10.3 Å². The van der Waals surface area contributed by atoms with Crippen LogP contribution in [0.1, 0.15) is 24.7 Å². The third-order valence-corrected chi connectivity index (χ3v) is 4.12. The van der Waals surface area contributed by atoms with Crippen LogP contribution in [0.25, 0.3) is 22.3 Å². The van der Waals surface area contributed by atoms with E-state index < -0.39 is 0 Å². The lowest BCUT2D eigenvalue weighted by molar-refractivity contribution is 0.368. The SMILES string of the molecule is C[C@H](Nc1nc(CCN)nc2ccccc12)c1nc(-c2ccncc2)no1. The van der Waals surface area contributed by atoms with E-state index in [9.17, 15) is 0 Å². The predicted molar refractivity (Wildman–Crippen MR) is 102 cm³/mol. The van der Waals surface area contributed by atoms with Crippen molar-refractivity contribution in [1.82, 2.24) is 25.1 Å². The molecule has 4 rings (SSSR count). The van der Waals surface area contributed by atoms with Gasteiger partial charge in [-0.1, -0.05) is 17.3 Å². The number of benzene rings is 1. The quantitative estimate of drug-likeness (QED) is 0.538. The van der Waals surface area contributed by atoms with E-state index in [0.717, 1.165) is 22.3 Å². The standard InChI is InChI=1S/C19H19N7O/c1-12(19-25-17(26-27-19)13-7-10-21-11-8-13)22-18-14-4-2-3-5-15(14)23-16(24-18)6-9-20/h2-5,7-8,10-12H,6,9,20H2,1H3,(H,22,23,24)/t12-/m0/s1. The van der Waals surface area contributed by atoms with Crippen LogP contribution in [0.3, 0.4) is 0 Å². The van der Waals surface area contributed by atoms with Gasteiger partial charge in [0.05, 0.1) is 5.52 Å². The molecule has 0 saturated heterocycles. The summed E-state index contributed by atoms with van der Waals surface area (Å²) in [4.78, 5) is 17.7. The van der Waals surface area contributed by atoms with Crippen LogP contribution < -0.4 is 11.1 Å². The van der Waals surface area contributed by atoms with Gasteiger partial charge in [-0.2, -0.15) is 4.98 Å². The fourth-order valence-corrected chi connectivity index (χ4v) is 2.77. The van der Waals surface area contributed by atoms with Crippen molar-refractivity contribution in [2.24, 2.45) is 5.73 Å². The Hall–Kier alpha value is -3.39. The van der Waals surface area contributed by atoms with Crippen molar-refractivity contribution in [1.29, 1.82) is 0 Å². The van der Waals surface area contributed by atoms with Crippen molar-refractivity contribution in [3.63, 3.8) is 0 Å². The summed E-state index contributed by atoms with van der Waals surface area (Å²) >= 11 is 0. The third kappa shape index (κ3) is 3.61. The molecule has 0 amide bonds. The number of nitrogens with two attached hydrogens (primary N) is 1. The van der Waals surface area contributed by atoms with Crippen LogP contribution in [0.5, 0.6) is 0 Å². The highest BCUT2D eigenvalue weighted by atomic mass is 16.5. The number of para-hydroxylation sites is 1. The second-order valence-electron chi connectivity index (χ2n) is 6.10. The molecular formula is C19H19N7O. The van der Waals surface area contributed by atoms with Crippen molar-refractivity contribution in [2.45, 2.75) is 19.4 Å². The van der Waals surface area contributed by atoms with E-state index in [1.54, 1.807) is 12.4 Å². The zero-order valence-corrected chi connectivity index (χ0v) is 14.8. The smallest absolute Gasteiger partial charge is 0.249 e. The van der Waals surface area contributed by atoms with Crippen LogP contribution in [-0.2, 0) is 6.42 Å². The summed E-state index contributed by atoms with van der Waals surface area (Å²) in [5.41, 5.74) is 7.39. The van der Waals surface area contributed by atoms with E-state index in [1.807, 2.05) is 43.3 Å². The highest BCUT2D eigenvalue weighted by Crippen LogP contribution is 2.25. The topological polar surface area (TPSA) is 116 Å². The molecule has 4 aromatic rings. The summed E-state index contributed by atoms with van der Waals surface area (Å²) in [5, 5.41) is 8.35. The summed E-state index contributed by atoms with van der Waals surface area (Å²) in [6.45, 7) is 2.44. The minimum atomic E-state index is -0.225. The molecule has 8 nitrogen and oxygen atoms in total. The Morgan fingerprint density at radius 1 is 1.07 bits per heavy atom. The van der Waals surface area contributed by atoms with Crippen LogP contribution >= 0.6 is 0 Å². The van der Waals surface area contributed by atoms with Crippen molar-refractivity contribution >= 4 is 16.7 Å². The molecule has 3 aromatic heterocycles. The Bertz CT molecular complexity index is 1050. The molecule has 0 saturated carbocycles. The number of hydrogen-bond acceptors (Lipinski definition) is 8. The van der Waals surface area contributed by atoms with Crippen LogP contribution in [0, 0.1) is 0 Å². The first-order valence-corrected chi connectivity index (χ1v) is 8.71. The van der Waals surface area contributed by atoms with Gasteiger partial charge in [0.1, 0.15) is 17.7 Å². The Kier molecular flexibility index (Phi) is 4.71. The Morgan fingerprint density at radius 2 is 1.89 bits per heavy atom. The maximum absolute atomic E-state index is 5.67. The lowest BCUT2D eigenvalue weighted by atomic mass is 10.2. The Labute approximate surface area is 155 Å². The average Bonchev–Trinajstić information content (AvgIpc) is 3.19. The first-order valence-electron chi connectivity index (χ1n) is 8.71. The first-order chi connectivity index (χ1) is 13.2. The first kappa shape index (κ1) is 17.0. The number of nitrogens with one attached hydrogen (secondary N) is 1. The van der Waals surface area contributed by atoms with Crippen molar-refractivity contribution in [3.05, 3.63) is 60.5 Å². The fraction of sp³-hybridized carbons (Fsp3) is 0.211. The molecule has 0 aliphatic heterocycles. The van der Waals surface area contributed by atoms with Crippen LogP contribution in [-0.4, -0.2) is 31.6 Å². The summed E-state index contributed by atoms with van der Waals surface area (Å²) < 4.78 is 5.44. The summed E-state index contributed by atoms with van der Waals surface area (Å²) in [5.74, 6) is 2.43. The molecule has 0 aliphatic rings. The summed E-state index contributed by atoms with van der Waals surface area (Å²) in [6.07, 6.45) is 4.00. The molecule has 0 aliphatic carbocycles. The van der Waals surface area contributed by atoms with Crippen molar-refractivity contribution in [2.75, 3.05) is 11.9 Å². The van der Waals surface area contributed by atoms with Gasteiger partial charge in [-0.3, -0.25) is 4.98 Å². The zero-order valence-electron chi connectivity index (χ0n) is 14.8. The third-order valence-electron chi connectivity index (χ3n) is 4.12. The monoisotopic (exact) mass is 361 g/mol. The minimum absolute atomic E-state index is 0.225. The molecule has 136 valence electrons. The lowest BCUT2D eigenvalue weighted by Gasteiger charge is -2.13.